The minimum Gasteiger partial charge on any atom is -0.506 e. The van der Waals surface area contributed by atoms with Gasteiger partial charge in [-0.15, -0.1) is 0 Å². The molecule has 4 aromatic carbocycles. The van der Waals surface area contributed by atoms with Crippen molar-refractivity contribution in [2.75, 3.05) is 32.8 Å². The van der Waals surface area contributed by atoms with Crippen molar-refractivity contribution < 1.29 is 24.6 Å². The Balaban J connectivity index is 1.10. The van der Waals surface area contributed by atoms with Crippen molar-refractivity contribution in [2.24, 2.45) is 0 Å². The predicted octanol–water partition coefficient (Wildman–Crippen LogP) is 5.63. The molecule has 4 aromatic rings. The minimum atomic E-state index is -0.635. The van der Waals surface area contributed by atoms with E-state index in [9.17, 15) is 20.3 Å². The zero-order valence-corrected chi connectivity index (χ0v) is 23.1. The van der Waals surface area contributed by atoms with E-state index < -0.39 is 10.7 Å². The molecule has 4 bridgehead atoms. The Labute approximate surface area is 247 Å². The number of hydrogen-bond donors (Lipinski definition) is 2. The first-order valence-electron chi connectivity index (χ1n) is 14.0. The maximum atomic E-state index is 11.0. The maximum Gasteiger partial charge on any atom is 0.310 e. The molecule has 2 N–H and O–H groups in total. The molecule has 4 saturated heterocycles. The lowest BCUT2D eigenvalue weighted by molar-refractivity contribution is -0.385. The molecular formula is C33H28N4O6. The zero-order valence-electron chi connectivity index (χ0n) is 23.1. The molecule has 216 valence electrons. The highest BCUT2D eigenvalue weighted by Crippen LogP contribution is 2.52. The van der Waals surface area contributed by atoms with Gasteiger partial charge in [0.15, 0.2) is 5.75 Å². The number of rotatable bonds is 7. The number of phenols is 2. The van der Waals surface area contributed by atoms with Gasteiger partial charge in [-0.05, 0) is 60.0 Å². The van der Waals surface area contributed by atoms with Gasteiger partial charge in [-0.25, -0.2) is 0 Å². The third-order valence-electron chi connectivity index (χ3n) is 8.82. The Morgan fingerprint density at radius 1 is 0.721 bits per heavy atom. The third-order valence-corrected chi connectivity index (χ3v) is 8.82. The van der Waals surface area contributed by atoms with Crippen LogP contribution in [0.2, 0.25) is 0 Å². The van der Waals surface area contributed by atoms with E-state index in [1.54, 1.807) is 6.07 Å². The monoisotopic (exact) mass is 576 g/mol. The molecule has 4 atom stereocenters. The number of phenolic OH excluding ortho intramolecular Hbond substituents is 2. The summed E-state index contributed by atoms with van der Waals surface area (Å²) < 4.78 is 11.8. The summed E-state index contributed by atoms with van der Waals surface area (Å²) in [5, 5.41) is 40.0. The number of ether oxygens (including phenoxy) is 2. The number of benzene rings is 4. The summed E-state index contributed by atoms with van der Waals surface area (Å²) in [4.78, 5) is 15.4. The smallest absolute Gasteiger partial charge is 0.310 e. The van der Waals surface area contributed by atoms with Gasteiger partial charge in [0.1, 0.15) is 34.8 Å². The van der Waals surface area contributed by atoms with Crippen molar-refractivity contribution in [3.8, 4) is 40.6 Å². The first-order chi connectivity index (χ1) is 20.7. The van der Waals surface area contributed by atoms with Crippen LogP contribution in [0.15, 0.2) is 84.9 Å². The third kappa shape index (κ3) is 4.78. The Morgan fingerprint density at radius 3 is 1.63 bits per heavy atom. The molecule has 0 unspecified atom stereocenters. The van der Waals surface area contributed by atoms with Gasteiger partial charge in [-0.2, -0.15) is 5.26 Å². The number of nitrogens with zero attached hydrogens (tertiary/aromatic N) is 4. The lowest BCUT2D eigenvalue weighted by atomic mass is 9.57. The van der Waals surface area contributed by atoms with Gasteiger partial charge >= 0.3 is 5.69 Å². The largest absolute Gasteiger partial charge is 0.506 e. The molecule has 0 aliphatic carbocycles. The molecule has 4 heterocycles. The molecule has 0 saturated carbocycles. The van der Waals surface area contributed by atoms with E-state index >= 15 is 0 Å². The molecular weight excluding hydrogens is 548 g/mol. The van der Waals surface area contributed by atoms with Gasteiger partial charge in [-0.1, -0.05) is 24.3 Å². The fourth-order valence-corrected chi connectivity index (χ4v) is 7.26. The standard InChI is InChI=1S/C33H28N4O6/c34-15-22-1-6-27(13-30(22)38)42-25-7-2-23(3-8-25)32-16-33(19-35(17-32)21-36(18-32)20-33)24-4-9-26(10-5-24)43-28-11-12-29(37(40)41)31(39)14-28/h1-14,38-39H,16-21H2/t32-,33+. The summed E-state index contributed by atoms with van der Waals surface area (Å²) in [6, 6.07) is 26.8. The second-order valence-electron chi connectivity index (χ2n) is 11.8. The molecule has 10 nitrogen and oxygen atoms in total. The van der Waals surface area contributed by atoms with E-state index in [0.717, 1.165) is 39.3 Å². The van der Waals surface area contributed by atoms with Crippen LogP contribution >= 0.6 is 0 Å². The van der Waals surface area contributed by atoms with Crippen molar-refractivity contribution in [3.63, 3.8) is 0 Å². The van der Waals surface area contributed by atoms with Crippen molar-refractivity contribution in [2.45, 2.75) is 17.3 Å². The van der Waals surface area contributed by atoms with E-state index in [-0.39, 0.29) is 27.8 Å². The zero-order chi connectivity index (χ0) is 29.8. The normalized spacial score (nSPS) is 25.2. The van der Waals surface area contributed by atoms with Crippen LogP contribution in [0.4, 0.5) is 5.69 Å². The summed E-state index contributed by atoms with van der Waals surface area (Å²) >= 11 is 0. The van der Waals surface area contributed by atoms with Crippen LogP contribution in [-0.4, -0.2) is 57.8 Å². The lowest BCUT2D eigenvalue weighted by Crippen LogP contribution is -2.74. The Kier molecular flexibility index (Phi) is 6.23. The molecule has 4 fully saturated rings. The average Bonchev–Trinajstić information content (AvgIpc) is 2.97. The van der Waals surface area contributed by atoms with E-state index in [1.165, 1.54) is 41.5 Å². The van der Waals surface area contributed by atoms with Crippen LogP contribution in [0, 0.1) is 21.4 Å². The molecule has 0 aromatic heterocycles. The van der Waals surface area contributed by atoms with E-state index in [4.69, 9.17) is 14.7 Å². The van der Waals surface area contributed by atoms with Gasteiger partial charge in [0, 0.05) is 55.2 Å². The van der Waals surface area contributed by atoms with Crippen LogP contribution < -0.4 is 9.47 Å². The quantitative estimate of drug-likeness (QED) is 0.212. The highest BCUT2D eigenvalue weighted by molar-refractivity contribution is 5.51. The fraction of sp³-hybridized carbons (Fsp3) is 0.242. The predicted molar refractivity (Wildman–Crippen MR) is 157 cm³/mol. The minimum absolute atomic E-state index is 0.0363. The van der Waals surface area contributed by atoms with Crippen LogP contribution in [0.25, 0.3) is 0 Å². The van der Waals surface area contributed by atoms with Crippen LogP contribution in [0.1, 0.15) is 23.1 Å². The topological polar surface area (TPSA) is 132 Å². The molecule has 8 rings (SSSR count). The van der Waals surface area contributed by atoms with Gasteiger partial charge in [0.25, 0.3) is 0 Å². The number of nitro groups is 1. The second kappa shape index (κ2) is 10.0. The second-order valence-corrected chi connectivity index (χ2v) is 11.8. The first kappa shape index (κ1) is 26.8. The maximum absolute atomic E-state index is 11.0. The molecule has 10 heteroatoms. The number of aromatic hydroxyl groups is 2. The molecule has 0 spiro atoms. The van der Waals surface area contributed by atoms with Crippen LogP contribution in [-0.2, 0) is 10.8 Å². The summed E-state index contributed by atoms with van der Waals surface area (Å²) in [6.45, 7) is 4.88. The highest BCUT2D eigenvalue weighted by Gasteiger charge is 2.57. The van der Waals surface area contributed by atoms with E-state index in [1.807, 2.05) is 30.3 Å². The summed E-state index contributed by atoms with van der Waals surface area (Å²) in [7, 11) is 0. The van der Waals surface area contributed by atoms with Gasteiger partial charge in [0.05, 0.1) is 17.2 Å². The summed E-state index contributed by atoms with van der Waals surface area (Å²) in [5.74, 6) is 1.49. The van der Waals surface area contributed by atoms with E-state index in [0.29, 0.717) is 23.0 Å². The van der Waals surface area contributed by atoms with Gasteiger partial charge in [0.2, 0.25) is 0 Å². The highest BCUT2D eigenvalue weighted by atomic mass is 16.6. The summed E-state index contributed by atoms with van der Waals surface area (Å²) in [5.41, 5.74) is 2.26. The molecule has 4 aliphatic rings. The van der Waals surface area contributed by atoms with Crippen LogP contribution in [0.5, 0.6) is 34.5 Å². The lowest BCUT2D eigenvalue weighted by Gasteiger charge is -2.64. The van der Waals surface area contributed by atoms with E-state index in [2.05, 4.69) is 34.1 Å². The SMILES string of the molecule is N#Cc1ccc(Oc2ccc([C@@]34C[N@@]5C[N@@](C3)C[C@](c3ccc(Oc6ccc([N+](=O)[O-])c(O)c6)cc3)(C5)C4)cc2)cc1O. The Bertz CT molecular complexity index is 1750. The molecule has 43 heavy (non-hydrogen) atoms. The van der Waals surface area contributed by atoms with Crippen molar-refractivity contribution in [1.29, 1.82) is 5.26 Å². The Hall–Kier alpha value is -5.11. The molecule has 4 aliphatic heterocycles. The fourth-order valence-electron chi connectivity index (χ4n) is 7.26. The van der Waals surface area contributed by atoms with Crippen LogP contribution in [0.3, 0.4) is 0 Å². The molecule has 0 amide bonds. The van der Waals surface area contributed by atoms with Crippen molar-refractivity contribution in [3.05, 3.63) is 112 Å². The number of hydrogen-bond acceptors (Lipinski definition) is 9. The van der Waals surface area contributed by atoms with Gasteiger partial charge in [-0.3, -0.25) is 19.9 Å². The Morgan fingerprint density at radius 2 is 1.19 bits per heavy atom. The number of piperidine rings is 2. The summed E-state index contributed by atoms with van der Waals surface area (Å²) in [6.07, 6.45) is 1.01. The number of nitriles is 1. The van der Waals surface area contributed by atoms with Crippen molar-refractivity contribution in [1.82, 2.24) is 9.80 Å². The van der Waals surface area contributed by atoms with Gasteiger partial charge < -0.3 is 19.7 Å². The average molecular weight is 577 g/mol. The first-order valence-corrected chi connectivity index (χ1v) is 14.0. The molecule has 0 radical (unpaired) electrons. The number of nitro benzene ring substituents is 1. The van der Waals surface area contributed by atoms with Crippen molar-refractivity contribution >= 4 is 5.69 Å².